The number of carbonyl (C=O) groups excluding carboxylic acids is 1. The summed E-state index contributed by atoms with van der Waals surface area (Å²) >= 11 is 0. The summed E-state index contributed by atoms with van der Waals surface area (Å²) in [5.41, 5.74) is 7.13. The van der Waals surface area contributed by atoms with Gasteiger partial charge in [-0.05, 0) is 33.2 Å². The Bertz CT molecular complexity index is 386. The molecule has 0 saturated carbocycles. The summed E-state index contributed by atoms with van der Waals surface area (Å²) in [5, 5.41) is 4.26. The lowest BCUT2D eigenvalue weighted by atomic mass is 10.2. The fourth-order valence-corrected chi connectivity index (χ4v) is 1.97. The Labute approximate surface area is 109 Å². The first-order valence-electron chi connectivity index (χ1n) is 6.67. The first kappa shape index (κ1) is 14.7. The Morgan fingerprint density at radius 3 is 2.78 bits per heavy atom. The van der Waals surface area contributed by atoms with Crippen molar-refractivity contribution in [2.24, 2.45) is 5.73 Å². The summed E-state index contributed by atoms with van der Waals surface area (Å²) in [7, 11) is 0. The highest BCUT2D eigenvalue weighted by molar-refractivity contribution is 5.95. The Morgan fingerprint density at radius 2 is 2.22 bits per heavy atom. The molecule has 0 aliphatic rings. The molecule has 0 aliphatic carbocycles. The van der Waals surface area contributed by atoms with Gasteiger partial charge in [0.2, 0.25) is 0 Å². The van der Waals surface area contributed by atoms with E-state index in [1.54, 1.807) is 6.20 Å². The van der Waals surface area contributed by atoms with Crippen LogP contribution in [-0.4, -0.2) is 40.2 Å². The van der Waals surface area contributed by atoms with Gasteiger partial charge in [0.25, 0.3) is 5.91 Å². The molecule has 0 aromatic carbocycles. The van der Waals surface area contributed by atoms with E-state index in [4.69, 9.17) is 5.73 Å². The fraction of sp³-hybridized carbons (Fsp3) is 0.692. The van der Waals surface area contributed by atoms with Gasteiger partial charge in [-0.15, -0.1) is 0 Å². The van der Waals surface area contributed by atoms with Crippen molar-refractivity contribution in [1.29, 1.82) is 0 Å². The maximum Gasteiger partial charge on any atom is 0.257 e. The zero-order valence-corrected chi connectivity index (χ0v) is 11.6. The third kappa shape index (κ3) is 3.32. The molecule has 0 atom stereocenters. The molecule has 18 heavy (non-hydrogen) atoms. The molecule has 0 spiro atoms. The number of carbonyl (C=O) groups is 1. The molecular weight excluding hydrogens is 228 g/mol. The molecule has 0 aliphatic heterocycles. The quantitative estimate of drug-likeness (QED) is 0.798. The molecule has 1 rings (SSSR count). The number of hydrogen-bond acceptors (Lipinski definition) is 3. The van der Waals surface area contributed by atoms with E-state index in [2.05, 4.69) is 12.0 Å². The van der Waals surface area contributed by atoms with Crippen LogP contribution in [0.5, 0.6) is 0 Å². The van der Waals surface area contributed by atoms with Gasteiger partial charge in [-0.2, -0.15) is 5.10 Å². The lowest BCUT2D eigenvalue weighted by molar-refractivity contribution is 0.0763. The summed E-state index contributed by atoms with van der Waals surface area (Å²) in [6.07, 6.45) is 3.52. The second-order valence-electron chi connectivity index (χ2n) is 4.39. The van der Waals surface area contributed by atoms with E-state index < -0.39 is 0 Å². The number of amides is 1. The van der Waals surface area contributed by atoms with Crippen LogP contribution in [0.4, 0.5) is 0 Å². The van der Waals surface area contributed by atoms with Gasteiger partial charge in [-0.3, -0.25) is 9.48 Å². The predicted octanol–water partition coefficient (Wildman–Crippen LogP) is 1.41. The Balaban J connectivity index is 2.82. The second-order valence-corrected chi connectivity index (χ2v) is 4.39. The third-order valence-electron chi connectivity index (χ3n) is 3.07. The molecule has 1 amide bonds. The molecule has 1 heterocycles. The minimum Gasteiger partial charge on any atom is -0.339 e. The van der Waals surface area contributed by atoms with Gasteiger partial charge in [0, 0.05) is 25.3 Å². The van der Waals surface area contributed by atoms with Gasteiger partial charge in [0.1, 0.15) is 0 Å². The van der Waals surface area contributed by atoms with Crippen LogP contribution in [0.3, 0.4) is 0 Å². The van der Waals surface area contributed by atoms with E-state index in [-0.39, 0.29) is 5.91 Å². The van der Waals surface area contributed by atoms with Crippen LogP contribution < -0.4 is 5.73 Å². The smallest absolute Gasteiger partial charge is 0.257 e. The molecule has 0 bridgehead atoms. The second kappa shape index (κ2) is 7.16. The normalized spacial score (nSPS) is 10.7. The minimum absolute atomic E-state index is 0.0795. The van der Waals surface area contributed by atoms with Crippen LogP contribution in [0.25, 0.3) is 0 Å². The summed E-state index contributed by atoms with van der Waals surface area (Å²) in [5.74, 6) is 0.0795. The van der Waals surface area contributed by atoms with Gasteiger partial charge in [-0.1, -0.05) is 6.92 Å². The van der Waals surface area contributed by atoms with Gasteiger partial charge < -0.3 is 10.6 Å². The van der Waals surface area contributed by atoms with Crippen LogP contribution in [0.2, 0.25) is 0 Å². The van der Waals surface area contributed by atoms with Crippen LogP contribution in [0.1, 0.15) is 42.7 Å². The van der Waals surface area contributed by atoms with Crippen molar-refractivity contribution in [3.63, 3.8) is 0 Å². The van der Waals surface area contributed by atoms with E-state index in [0.717, 1.165) is 38.2 Å². The van der Waals surface area contributed by atoms with Gasteiger partial charge in [-0.25, -0.2) is 0 Å². The van der Waals surface area contributed by atoms with Crippen LogP contribution in [0, 0.1) is 6.92 Å². The van der Waals surface area contributed by atoms with E-state index in [1.165, 1.54) is 0 Å². The lowest BCUT2D eigenvalue weighted by Crippen LogP contribution is -2.31. The number of rotatable bonds is 7. The van der Waals surface area contributed by atoms with Crippen molar-refractivity contribution in [3.8, 4) is 0 Å². The molecule has 0 saturated heterocycles. The van der Waals surface area contributed by atoms with Crippen molar-refractivity contribution in [2.75, 3.05) is 19.6 Å². The molecule has 1 aromatic rings. The molecule has 0 unspecified atom stereocenters. The lowest BCUT2D eigenvalue weighted by Gasteiger charge is -2.19. The largest absolute Gasteiger partial charge is 0.339 e. The Hall–Kier alpha value is -1.36. The highest BCUT2D eigenvalue weighted by Gasteiger charge is 2.18. The maximum absolute atomic E-state index is 12.3. The molecule has 5 heteroatoms. The topological polar surface area (TPSA) is 64.2 Å². The zero-order valence-electron chi connectivity index (χ0n) is 11.6. The van der Waals surface area contributed by atoms with Crippen molar-refractivity contribution in [2.45, 2.75) is 40.2 Å². The summed E-state index contributed by atoms with van der Waals surface area (Å²) in [6, 6.07) is 0. The highest BCUT2D eigenvalue weighted by Crippen LogP contribution is 2.11. The van der Waals surface area contributed by atoms with Crippen molar-refractivity contribution >= 4 is 5.91 Å². The zero-order chi connectivity index (χ0) is 13.5. The maximum atomic E-state index is 12.3. The van der Waals surface area contributed by atoms with Crippen molar-refractivity contribution < 1.29 is 4.79 Å². The monoisotopic (exact) mass is 252 g/mol. The average Bonchev–Trinajstić information content (AvgIpc) is 2.74. The molecule has 0 fully saturated rings. The first-order valence-corrected chi connectivity index (χ1v) is 6.67. The number of aryl methyl sites for hydroxylation is 1. The van der Waals surface area contributed by atoms with Crippen molar-refractivity contribution in [3.05, 3.63) is 17.5 Å². The van der Waals surface area contributed by atoms with E-state index in [9.17, 15) is 4.79 Å². The molecule has 1 aromatic heterocycles. The molecule has 0 radical (unpaired) electrons. The minimum atomic E-state index is 0.0795. The van der Waals surface area contributed by atoms with Crippen molar-refractivity contribution in [1.82, 2.24) is 14.7 Å². The summed E-state index contributed by atoms with van der Waals surface area (Å²) in [6.45, 7) is 8.96. The third-order valence-corrected chi connectivity index (χ3v) is 3.07. The first-order chi connectivity index (χ1) is 8.65. The molecule has 102 valence electrons. The van der Waals surface area contributed by atoms with Gasteiger partial charge in [0.15, 0.2) is 0 Å². The van der Waals surface area contributed by atoms with E-state index >= 15 is 0 Å². The number of hydrogen-bond donors (Lipinski definition) is 1. The van der Waals surface area contributed by atoms with Crippen LogP contribution in [0.15, 0.2) is 6.20 Å². The number of nitrogens with two attached hydrogens (primary N) is 1. The van der Waals surface area contributed by atoms with E-state index in [1.807, 2.05) is 23.4 Å². The Morgan fingerprint density at radius 1 is 1.50 bits per heavy atom. The summed E-state index contributed by atoms with van der Waals surface area (Å²) < 4.78 is 1.86. The van der Waals surface area contributed by atoms with Crippen LogP contribution >= 0.6 is 0 Å². The van der Waals surface area contributed by atoms with E-state index in [0.29, 0.717) is 12.1 Å². The highest BCUT2D eigenvalue weighted by atomic mass is 16.2. The summed E-state index contributed by atoms with van der Waals surface area (Å²) in [4.78, 5) is 14.2. The molecule has 2 N–H and O–H groups in total. The van der Waals surface area contributed by atoms with Gasteiger partial charge >= 0.3 is 0 Å². The standard InChI is InChI=1S/C13H24N4O/c1-4-8-16(5-2)13(18)12-10-15-17(11(12)3)9-6-7-14/h10H,4-9,14H2,1-3H3. The predicted molar refractivity (Wildman–Crippen MR) is 72.5 cm³/mol. The Kier molecular flexibility index (Phi) is 5.85. The number of aromatic nitrogens is 2. The van der Waals surface area contributed by atoms with Gasteiger partial charge in [0.05, 0.1) is 11.8 Å². The molecule has 5 nitrogen and oxygen atoms in total. The SMILES string of the molecule is CCCN(CC)C(=O)c1cnn(CCCN)c1C. The average molecular weight is 252 g/mol. The number of nitrogens with zero attached hydrogens (tertiary/aromatic N) is 3. The molecular formula is C13H24N4O. The van der Waals surface area contributed by atoms with Crippen LogP contribution in [-0.2, 0) is 6.54 Å². The fourth-order valence-electron chi connectivity index (χ4n) is 1.97.